The largest absolute Gasteiger partial charge is 0.480 e. The normalized spacial score (nSPS) is 10.2. The number of benzene rings is 1. The fraction of sp³-hybridized carbons (Fsp3) is 0.333. The van der Waals surface area contributed by atoms with Crippen LogP contribution in [0.2, 0.25) is 0 Å². The maximum Gasteiger partial charge on any atom is 0.323 e. The summed E-state index contributed by atoms with van der Waals surface area (Å²) >= 11 is 3.00. The number of aliphatic carboxylic acids is 1. The van der Waals surface area contributed by atoms with E-state index in [1.54, 1.807) is 0 Å². The van der Waals surface area contributed by atoms with Crippen molar-refractivity contribution >= 4 is 27.8 Å². The van der Waals surface area contributed by atoms with Crippen molar-refractivity contribution in [3.8, 4) is 0 Å². The molecule has 0 fully saturated rings. The molecule has 1 amide bonds. The Kier molecular flexibility index (Phi) is 5.27. The molecule has 18 heavy (non-hydrogen) atoms. The Bertz CT molecular complexity index is 465. The van der Waals surface area contributed by atoms with Gasteiger partial charge in [-0.1, -0.05) is 13.0 Å². The van der Waals surface area contributed by atoms with Crippen LogP contribution in [-0.2, 0) is 4.79 Å². The molecule has 0 unspecified atom stereocenters. The summed E-state index contributed by atoms with van der Waals surface area (Å²) in [7, 11) is 0. The first-order chi connectivity index (χ1) is 8.47. The minimum atomic E-state index is -1.09. The minimum absolute atomic E-state index is 0.0569. The Balaban J connectivity index is 3.01. The van der Waals surface area contributed by atoms with Crippen molar-refractivity contribution in [2.75, 3.05) is 13.1 Å². The molecule has 0 heterocycles. The van der Waals surface area contributed by atoms with Gasteiger partial charge in [0.15, 0.2) is 0 Å². The summed E-state index contributed by atoms with van der Waals surface area (Å²) < 4.78 is 13.4. The van der Waals surface area contributed by atoms with Crippen LogP contribution in [0.5, 0.6) is 0 Å². The van der Waals surface area contributed by atoms with Gasteiger partial charge >= 0.3 is 5.97 Å². The van der Waals surface area contributed by atoms with Crippen LogP contribution in [0.3, 0.4) is 0 Å². The van der Waals surface area contributed by atoms with Crippen LogP contribution < -0.4 is 0 Å². The van der Waals surface area contributed by atoms with Gasteiger partial charge in [-0.2, -0.15) is 0 Å². The van der Waals surface area contributed by atoms with Gasteiger partial charge in [-0.3, -0.25) is 9.59 Å². The molecular formula is C12H13BrFNO3. The topological polar surface area (TPSA) is 57.6 Å². The number of carbonyl (C=O) groups excluding carboxylic acids is 1. The van der Waals surface area contributed by atoms with E-state index in [4.69, 9.17) is 5.11 Å². The number of carbonyl (C=O) groups is 2. The molecular weight excluding hydrogens is 305 g/mol. The molecule has 0 saturated carbocycles. The zero-order valence-corrected chi connectivity index (χ0v) is 11.4. The average Bonchev–Trinajstić information content (AvgIpc) is 2.31. The zero-order chi connectivity index (χ0) is 13.7. The number of amides is 1. The average molecular weight is 318 g/mol. The second-order valence-electron chi connectivity index (χ2n) is 3.72. The molecule has 1 N–H and O–H groups in total. The maximum absolute atomic E-state index is 13.3. The van der Waals surface area contributed by atoms with Gasteiger partial charge in [-0.05, 0) is 34.5 Å². The first-order valence-corrected chi connectivity index (χ1v) is 6.21. The molecule has 0 saturated heterocycles. The molecule has 0 atom stereocenters. The van der Waals surface area contributed by atoms with Crippen LogP contribution in [0.25, 0.3) is 0 Å². The van der Waals surface area contributed by atoms with Crippen molar-refractivity contribution in [3.05, 3.63) is 34.1 Å². The van der Waals surface area contributed by atoms with Crippen molar-refractivity contribution < 1.29 is 19.1 Å². The highest BCUT2D eigenvalue weighted by molar-refractivity contribution is 9.10. The van der Waals surface area contributed by atoms with E-state index in [0.29, 0.717) is 13.0 Å². The predicted octanol–water partition coefficient (Wildman–Crippen LogP) is 2.53. The van der Waals surface area contributed by atoms with Gasteiger partial charge in [0.2, 0.25) is 0 Å². The maximum atomic E-state index is 13.3. The third kappa shape index (κ3) is 3.53. The zero-order valence-electron chi connectivity index (χ0n) is 9.82. The lowest BCUT2D eigenvalue weighted by atomic mass is 10.2. The fourth-order valence-corrected chi connectivity index (χ4v) is 1.96. The second-order valence-corrected chi connectivity index (χ2v) is 4.51. The number of rotatable bonds is 5. The minimum Gasteiger partial charge on any atom is -0.480 e. The van der Waals surface area contributed by atoms with Gasteiger partial charge in [0, 0.05) is 6.54 Å². The Morgan fingerprint density at radius 3 is 2.67 bits per heavy atom. The third-order valence-electron chi connectivity index (χ3n) is 2.29. The number of hydrogen-bond donors (Lipinski definition) is 1. The monoisotopic (exact) mass is 317 g/mol. The molecule has 0 aliphatic heterocycles. The number of carboxylic acids is 1. The number of hydrogen-bond acceptors (Lipinski definition) is 2. The lowest BCUT2D eigenvalue weighted by molar-refractivity contribution is -0.137. The van der Waals surface area contributed by atoms with Crippen molar-refractivity contribution in [3.63, 3.8) is 0 Å². The van der Waals surface area contributed by atoms with Gasteiger partial charge in [0.25, 0.3) is 5.91 Å². The quantitative estimate of drug-likeness (QED) is 0.907. The van der Waals surface area contributed by atoms with Crippen LogP contribution in [0.4, 0.5) is 4.39 Å². The van der Waals surface area contributed by atoms with E-state index in [2.05, 4.69) is 15.9 Å². The fourth-order valence-electron chi connectivity index (χ4n) is 1.52. The highest BCUT2D eigenvalue weighted by Gasteiger charge is 2.21. The predicted molar refractivity (Wildman–Crippen MR) is 67.9 cm³/mol. The summed E-state index contributed by atoms with van der Waals surface area (Å²) in [5.74, 6) is -2.14. The number of carboxylic acid groups (broad SMARTS) is 1. The lowest BCUT2D eigenvalue weighted by Crippen LogP contribution is -2.36. The van der Waals surface area contributed by atoms with Crippen LogP contribution in [0, 0.1) is 5.82 Å². The molecule has 0 spiro atoms. The number of halogens is 2. The Morgan fingerprint density at radius 1 is 1.44 bits per heavy atom. The smallest absolute Gasteiger partial charge is 0.323 e. The molecule has 0 radical (unpaired) electrons. The molecule has 1 aromatic carbocycles. The molecule has 1 rings (SSSR count). The summed E-state index contributed by atoms with van der Waals surface area (Å²) in [6.07, 6.45) is 0.631. The summed E-state index contributed by atoms with van der Waals surface area (Å²) in [5.41, 5.74) is 0.129. The molecule has 4 nitrogen and oxygen atoms in total. The van der Waals surface area contributed by atoms with Gasteiger partial charge < -0.3 is 10.0 Å². The third-order valence-corrected chi connectivity index (χ3v) is 3.09. The summed E-state index contributed by atoms with van der Waals surface area (Å²) in [4.78, 5) is 24.0. The summed E-state index contributed by atoms with van der Waals surface area (Å²) in [6.45, 7) is 1.76. The van der Waals surface area contributed by atoms with Crippen molar-refractivity contribution in [1.82, 2.24) is 4.90 Å². The molecule has 1 aromatic rings. The Hall–Kier alpha value is -1.43. The standard InChI is InChI=1S/C12H13BrFNO3/c1-2-6-15(7-10(16)17)12(18)8-4-3-5-9(14)11(8)13/h3-5H,2,6-7H2,1H3,(H,16,17). The molecule has 0 bridgehead atoms. The van der Waals surface area contributed by atoms with Gasteiger partial charge in [0.1, 0.15) is 12.4 Å². The molecule has 6 heteroatoms. The van der Waals surface area contributed by atoms with Crippen LogP contribution >= 0.6 is 15.9 Å². The van der Waals surface area contributed by atoms with E-state index in [9.17, 15) is 14.0 Å². The van der Waals surface area contributed by atoms with Crippen molar-refractivity contribution in [1.29, 1.82) is 0 Å². The van der Waals surface area contributed by atoms with Gasteiger partial charge in [-0.15, -0.1) is 0 Å². The lowest BCUT2D eigenvalue weighted by Gasteiger charge is -2.20. The van der Waals surface area contributed by atoms with Crippen molar-refractivity contribution in [2.24, 2.45) is 0 Å². The van der Waals surface area contributed by atoms with E-state index < -0.39 is 24.2 Å². The summed E-state index contributed by atoms with van der Waals surface area (Å²) in [6, 6.07) is 4.10. The van der Waals surface area contributed by atoms with E-state index in [0.717, 1.165) is 0 Å². The van der Waals surface area contributed by atoms with E-state index in [-0.39, 0.29) is 10.0 Å². The Labute approximate surface area is 113 Å². The molecule has 0 aromatic heterocycles. The highest BCUT2D eigenvalue weighted by Crippen LogP contribution is 2.21. The molecule has 98 valence electrons. The molecule has 0 aliphatic carbocycles. The van der Waals surface area contributed by atoms with Crippen LogP contribution in [-0.4, -0.2) is 35.0 Å². The summed E-state index contributed by atoms with van der Waals surface area (Å²) in [5, 5.41) is 8.75. The van der Waals surface area contributed by atoms with E-state index >= 15 is 0 Å². The van der Waals surface area contributed by atoms with E-state index in [1.165, 1.54) is 23.1 Å². The van der Waals surface area contributed by atoms with E-state index in [1.807, 2.05) is 6.92 Å². The molecule has 0 aliphatic rings. The Morgan fingerprint density at radius 2 is 2.11 bits per heavy atom. The second kappa shape index (κ2) is 6.49. The van der Waals surface area contributed by atoms with Crippen molar-refractivity contribution in [2.45, 2.75) is 13.3 Å². The van der Waals surface area contributed by atoms with Gasteiger partial charge in [-0.25, -0.2) is 4.39 Å². The van der Waals surface area contributed by atoms with Crippen LogP contribution in [0.15, 0.2) is 22.7 Å². The SMILES string of the molecule is CCCN(CC(=O)O)C(=O)c1cccc(F)c1Br. The van der Waals surface area contributed by atoms with Gasteiger partial charge in [0.05, 0.1) is 10.0 Å². The van der Waals surface area contributed by atoms with Crippen LogP contribution in [0.1, 0.15) is 23.7 Å². The first-order valence-electron chi connectivity index (χ1n) is 5.42. The highest BCUT2D eigenvalue weighted by atomic mass is 79.9. The first kappa shape index (κ1) is 14.6. The number of nitrogens with zero attached hydrogens (tertiary/aromatic N) is 1.